The molecule has 1 aliphatic rings. The van der Waals surface area contributed by atoms with E-state index in [1.165, 1.54) is 36.4 Å². The molecule has 1 atom stereocenters. The van der Waals surface area contributed by atoms with Gasteiger partial charge in [0.25, 0.3) is 0 Å². The topological polar surface area (TPSA) is 27.3 Å². The number of benzene rings is 2. The fourth-order valence-corrected chi connectivity index (χ4v) is 4.63. The molecule has 0 aromatic heterocycles. The summed E-state index contributed by atoms with van der Waals surface area (Å²) in [6.45, 7) is 6.94. The molecule has 0 bridgehead atoms. The highest BCUT2D eigenvalue weighted by atomic mass is 32.2. The first-order valence-electron chi connectivity index (χ1n) is 10.2. The predicted octanol–water partition coefficient (Wildman–Crippen LogP) is 5.39. The lowest BCUT2D eigenvalue weighted by molar-refractivity contribution is 0.182. The average Bonchev–Trinajstić information content (AvgIpc) is 2.72. The molecule has 2 aromatic carbocycles. The number of likely N-dealkylation sites (tertiary alicyclic amines) is 1. The van der Waals surface area contributed by atoms with Gasteiger partial charge in [0.15, 0.2) is 5.11 Å². The molecule has 28 heavy (non-hydrogen) atoms. The van der Waals surface area contributed by atoms with Gasteiger partial charge in [0.2, 0.25) is 0 Å². The Morgan fingerprint density at radius 2 is 1.93 bits per heavy atom. The van der Waals surface area contributed by atoms with Crippen molar-refractivity contribution in [2.24, 2.45) is 5.92 Å². The van der Waals surface area contributed by atoms with Crippen LogP contribution in [0.25, 0.3) is 0 Å². The lowest BCUT2D eigenvalue weighted by atomic mass is 10.0. The Hall–Kier alpha value is -1.56. The predicted molar refractivity (Wildman–Crippen MR) is 126 cm³/mol. The highest BCUT2D eigenvalue weighted by molar-refractivity contribution is 7.98. The van der Waals surface area contributed by atoms with Gasteiger partial charge in [-0.3, -0.25) is 0 Å². The summed E-state index contributed by atoms with van der Waals surface area (Å²) in [6.07, 6.45) is 3.85. The molecule has 0 saturated carbocycles. The van der Waals surface area contributed by atoms with E-state index in [1.807, 2.05) is 11.8 Å². The monoisotopic (exact) mass is 413 g/mol. The van der Waals surface area contributed by atoms with Crippen molar-refractivity contribution in [3.8, 4) is 0 Å². The minimum atomic E-state index is 0.707. The van der Waals surface area contributed by atoms with Gasteiger partial charge in [0.1, 0.15) is 0 Å². The van der Waals surface area contributed by atoms with Gasteiger partial charge in [-0.15, -0.1) is 11.8 Å². The Kier molecular flexibility index (Phi) is 8.65. The summed E-state index contributed by atoms with van der Waals surface area (Å²) in [5.74, 6) is 1.82. The zero-order valence-electron chi connectivity index (χ0n) is 16.7. The summed E-state index contributed by atoms with van der Waals surface area (Å²) in [5, 5.41) is 7.33. The van der Waals surface area contributed by atoms with Crippen molar-refractivity contribution >= 4 is 34.8 Å². The smallest absolute Gasteiger partial charge is 0.170 e. The van der Waals surface area contributed by atoms with Crippen molar-refractivity contribution in [1.82, 2.24) is 10.2 Å². The molecule has 0 radical (unpaired) electrons. The van der Waals surface area contributed by atoms with Crippen LogP contribution in [0.4, 0.5) is 5.69 Å². The third kappa shape index (κ3) is 7.46. The molecule has 5 heteroatoms. The number of hydrogen-bond donors (Lipinski definition) is 2. The van der Waals surface area contributed by atoms with Gasteiger partial charge in [-0.25, -0.2) is 0 Å². The first-order valence-corrected chi connectivity index (χ1v) is 11.6. The Labute approximate surface area is 179 Å². The average molecular weight is 414 g/mol. The first-order chi connectivity index (χ1) is 13.7. The third-order valence-electron chi connectivity index (χ3n) is 5.04. The van der Waals surface area contributed by atoms with Crippen molar-refractivity contribution < 1.29 is 0 Å². The van der Waals surface area contributed by atoms with Gasteiger partial charge in [0, 0.05) is 29.4 Å². The second-order valence-electron chi connectivity index (χ2n) is 7.58. The van der Waals surface area contributed by atoms with Crippen molar-refractivity contribution in [3.63, 3.8) is 0 Å². The van der Waals surface area contributed by atoms with Crippen molar-refractivity contribution in [3.05, 3.63) is 60.2 Å². The molecule has 150 valence electrons. The molecule has 1 saturated heterocycles. The van der Waals surface area contributed by atoms with Crippen LogP contribution in [0.2, 0.25) is 0 Å². The molecule has 0 amide bonds. The molecule has 2 N–H and O–H groups in total. The van der Waals surface area contributed by atoms with Crippen LogP contribution in [-0.2, 0) is 5.75 Å². The van der Waals surface area contributed by atoms with E-state index in [0.717, 1.165) is 36.9 Å². The van der Waals surface area contributed by atoms with Gasteiger partial charge in [-0.1, -0.05) is 37.3 Å². The molecule has 1 heterocycles. The van der Waals surface area contributed by atoms with Crippen LogP contribution in [0, 0.1) is 5.92 Å². The van der Waals surface area contributed by atoms with Gasteiger partial charge in [-0.2, -0.15) is 0 Å². The number of anilines is 1. The Morgan fingerprint density at radius 1 is 1.14 bits per heavy atom. The molecule has 3 rings (SSSR count). The fourth-order valence-electron chi connectivity index (χ4n) is 3.54. The third-order valence-corrected chi connectivity index (χ3v) is 6.37. The number of thioether (sulfide) groups is 1. The van der Waals surface area contributed by atoms with Crippen LogP contribution < -0.4 is 10.6 Å². The van der Waals surface area contributed by atoms with Crippen molar-refractivity contribution in [1.29, 1.82) is 0 Å². The lowest BCUT2D eigenvalue weighted by Crippen LogP contribution is -2.37. The SMILES string of the molecule is CC1CCCN(CCCNC(=S)Nc2ccc(CSc3ccccc3)cc2)C1. The fraction of sp³-hybridized carbons (Fsp3) is 0.435. The molecule has 0 aliphatic carbocycles. The second-order valence-corrected chi connectivity index (χ2v) is 9.04. The molecule has 3 nitrogen and oxygen atoms in total. The van der Waals surface area contributed by atoms with E-state index in [9.17, 15) is 0 Å². The summed E-state index contributed by atoms with van der Waals surface area (Å²) < 4.78 is 0. The molecular weight excluding hydrogens is 382 g/mol. The summed E-state index contributed by atoms with van der Waals surface area (Å²) in [4.78, 5) is 3.88. The number of rotatable bonds is 8. The highest BCUT2D eigenvalue weighted by Crippen LogP contribution is 2.23. The molecule has 0 spiro atoms. The standard InChI is InChI=1S/C23H31N3S2/c1-19-7-5-15-26(17-19)16-6-14-24-23(27)25-21-12-10-20(11-13-21)18-28-22-8-3-2-4-9-22/h2-4,8-13,19H,5-7,14-18H2,1H3,(H2,24,25,27). The van der Waals surface area contributed by atoms with Crippen molar-refractivity contribution in [2.45, 2.75) is 36.8 Å². The Balaban J connectivity index is 1.32. The number of hydrogen-bond acceptors (Lipinski definition) is 3. The second kappa shape index (κ2) is 11.4. The maximum absolute atomic E-state index is 5.43. The minimum Gasteiger partial charge on any atom is -0.362 e. The summed E-state index contributed by atoms with van der Waals surface area (Å²) >= 11 is 7.29. The maximum Gasteiger partial charge on any atom is 0.170 e. The largest absolute Gasteiger partial charge is 0.362 e. The first kappa shape index (κ1) is 21.2. The highest BCUT2D eigenvalue weighted by Gasteiger charge is 2.15. The van der Waals surface area contributed by atoms with E-state index in [1.54, 1.807) is 0 Å². The molecule has 1 unspecified atom stereocenters. The Morgan fingerprint density at radius 3 is 2.68 bits per heavy atom. The van der Waals surface area contributed by atoms with Crippen LogP contribution in [0.3, 0.4) is 0 Å². The number of thiocarbonyl (C=S) groups is 1. The normalized spacial score (nSPS) is 17.2. The van der Waals surface area contributed by atoms with Gasteiger partial charge < -0.3 is 15.5 Å². The maximum atomic E-state index is 5.43. The summed E-state index contributed by atoms with van der Waals surface area (Å²) in [6, 6.07) is 19.0. The van der Waals surface area contributed by atoms with Gasteiger partial charge >= 0.3 is 0 Å². The van der Waals surface area contributed by atoms with Gasteiger partial charge in [0.05, 0.1) is 0 Å². The lowest BCUT2D eigenvalue weighted by Gasteiger charge is -2.30. The number of nitrogens with one attached hydrogen (secondary N) is 2. The van der Waals surface area contributed by atoms with Crippen LogP contribution in [0.1, 0.15) is 31.7 Å². The van der Waals surface area contributed by atoms with E-state index < -0.39 is 0 Å². The van der Waals surface area contributed by atoms with Crippen molar-refractivity contribution in [2.75, 3.05) is 31.5 Å². The van der Waals surface area contributed by atoms with E-state index >= 15 is 0 Å². The van der Waals surface area contributed by atoms with E-state index in [4.69, 9.17) is 12.2 Å². The molecule has 2 aromatic rings. The summed E-state index contributed by atoms with van der Waals surface area (Å²) in [5.41, 5.74) is 2.35. The van der Waals surface area contributed by atoms with Crippen LogP contribution in [-0.4, -0.2) is 36.2 Å². The van der Waals surface area contributed by atoms with E-state index in [-0.39, 0.29) is 0 Å². The minimum absolute atomic E-state index is 0.707. The van der Waals surface area contributed by atoms with Crippen LogP contribution in [0.5, 0.6) is 0 Å². The van der Waals surface area contributed by atoms with E-state index in [0.29, 0.717) is 5.11 Å². The Bertz CT molecular complexity index is 718. The number of piperidine rings is 1. The van der Waals surface area contributed by atoms with Crippen LogP contribution >= 0.6 is 24.0 Å². The zero-order valence-corrected chi connectivity index (χ0v) is 18.3. The zero-order chi connectivity index (χ0) is 19.6. The molecular formula is C23H31N3S2. The van der Waals surface area contributed by atoms with Crippen LogP contribution in [0.15, 0.2) is 59.5 Å². The quantitative estimate of drug-likeness (QED) is 0.344. The van der Waals surface area contributed by atoms with E-state index in [2.05, 4.69) is 77.1 Å². The molecule has 1 fully saturated rings. The van der Waals surface area contributed by atoms with Gasteiger partial charge in [-0.05, 0) is 80.3 Å². The summed E-state index contributed by atoms with van der Waals surface area (Å²) in [7, 11) is 0. The molecule has 1 aliphatic heterocycles. The number of nitrogens with zero attached hydrogens (tertiary/aromatic N) is 1.